The van der Waals surface area contributed by atoms with Crippen molar-refractivity contribution >= 4 is 0 Å². The highest BCUT2D eigenvalue weighted by Gasteiger charge is 2.42. The van der Waals surface area contributed by atoms with Crippen LogP contribution in [0.3, 0.4) is 0 Å². The van der Waals surface area contributed by atoms with Crippen LogP contribution in [0.2, 0.25) is 0 Å². The maximum Gasteiger partial charge on any atom is 0.104 e. The molecule has 0 aromatic carbocycles. The Kier molecular flexibility index (Phi) is 3.71. The van der Waals surface area contributed by atoms with E-state index in [0.717, 1.165) is 0 Å². The first-order valence-corrected chi connectivity index (χ1v) is 4.60. The van der Waals surface area contributed by atoms with Gasteiger partial charge in [0.05, 0.1) is 24.9 Å². The van der Waals surface area contributed by atoms with E-state index in [4.69, 9.17) is 15.4 Å². The summed E-state index contributed by atoms with van der Waals surface area (Å²) in [5.74, 6) is 0.0529. The molecule has 5 atom stereocenters. The van der Waals surface area contributed by atoms with Gasteiger partial charge in [0.2, 0.25) is 0 Å². The zero-order valence-corrected chi connectivity index (χ0v) is 8.24. The number of hydrogen-bond donors (Lipinski definition) is 2. The Hall–Kier alpha value is -0.810. The van der Waals surface area contributed by atoms with Crippen LogP contribution in [0.4, 0.5) is 0 Å². The normalized spacial score (nSPS) is 39.1. The maximum absolute atomic E-state index is 9.43. The van der Waals surface area contributed by atoms with E-state index in [1.807, 2.05) is 13.8 Å². The smallest absolute Gasteiger partial charge is 0.104 e. The summed E-state index contributed by atoms with van der Waals surface area (Å²) in [7, 11) is 0. The van der Waals surface area contributed by atoms with Gasteiger partial charge in [-0.1, -0.05) is 12.0 Å². The van der Waals surface area contributed by atoms with Crippen LogP contribution < -0.4 is 0 Å². The zero-order chi connectivity index (χ0) is 10.7. The molecule has 14 heavy (non-hydrogen) atoms. The van der Waals surface area contributed by atoms with E-state index in [9.17, 15) is 5.11 Å². The van der Waals surface area contributed by atoms with Gasteiger partial charge in [0, 0.05) is 4.91 Å². The predicted molar refractivity (Wildman–Crippen MR) is 49.5 cm³/mol. The second-order valence-corrected chi connectivity index (χ2v) is 3.61. The van der Waals surface area contributed by atoms with Crippen molar-refractivity contribution in [1.82, 2.24) is 0 Å². The lowest BCUT2D eigenvalue weighted by atomic mass is 9.95. The van der Waals surface area contributed by atoms with Crippen LogP contribution in [0.1, 0.15) is 13.8 Å². The number of nitrogens with zero attached hydrogens (tertiary/aromatic N) is 3. The molecule has 0 aromatic heterocycles. The third-order valence-electron chi connectivity index (χ3n) is 2.74. The van der Waals surface area contributed by atoms with Gasteiger partial charge in [0.15, 0.2) is 0 Å². The second kappa shape index (κ2) is 4.61. The second-order valence-electron chi connectivity index (χ2n) is 3.61. The highest BCUT2D eigenvalue weighted by molar-refractivity contribution is 4.95. The molecular formula is C8H15N3O3. The minimum absolute atomic E-state index is 0.0529. The van der Waals surface area contributed by atoms with Crippen molar-refractivity contribution in [3.63, 3.8) is 0 Å². The first-order chi connectivity index (χ1) is 6.61. The molecular weight excluding hydrogens is 186 g/mol. The minimum atomic E-state index is -0.988. The Morgan fingerprint density at radius 3 is 2.71 bits per heavy atom. The zero-order valence-electron chi connectivity index (χ0n) is 8.24. The van der Waals surface area contributed by atoms with E-state index in [1.54, 1.807) is 0 Å². The molecule has 0 saturated carbocycles. The summed E-state index contributed by atoms with van der Waals surface area (Å²) in [5, 5.41) is 21.8. The number of aliphatic hydroxyl groups is 2. The van der Waals surface area contributed by atoms with E-state index in [-0.39, 0.29) is 18.6 Å². The molecule has 1 heterocycles. The Balaban J connectivity index is 2.79. The van der Waals surface area contributed by atoms with Gasteiger partial charge in [-0.2, -0.15) is 0 Å². The first-order valence-electron chi connectivity index (χ1n) is 4.60. The molecule has 1 saturated heterocycles. The van der Waals surface area contributed by atoms with Gasteiger partial charge in [-0.25, -0.2) is 0 Å². The van der Waals surface area contributed by atoms with Gasteiger partial charge < -0.3 is 14.9 Å². The SMILES string of the molecule is CC1OC(C(O)CO)C(N=[N+]=[N-])C1C. The molecule has 1 rings (SSSR count). The molecule has 2 N–H and O–H groups in total. The number of azide groups is 1. The summed E-state index contributed by atoms with van der Waals surface area (Å²) in [4.78, 5) is 2.72. The van der Waals surface area contributed by atoms with Crippen molar-refractivity contribution in [3.05, 3.63) is 10.4 Å². The van der Waals surface area contributed by atoms with Crippen molar-refractivity contribution in [2.75, 3.05) is 6.61 Å². The van der Waals surface area contributed by atoms with Gasteiger partial charge >= 0.3 is 0 Å². The van der Waals surface area contributed by atoms with E-state index in [2.05, 4.69) is 10.0 Å². The topological polar surface area (TPSA) is 98.5 Å². The third kappa shape index (κ3) is 1.99. The number of rotatable bonds is 3. The molecule has 0 aliphatic carbocycles. The Morgan fingerprint density at radius 1 is 1.57 bits per heavy atom. The highest BCUT2D eigenvalue weighted by atomic mass is 16.5. The number of hydrogen-bond acceptors (Lipinski definition) is 4. The Labute approximate surface area is 82.1 Å². The molecule has 5 unspecified atom stereocenters. The highest BCUT2D eigenvalue weighted by Crippen LogP contribution is 2.30. The van der Waals surface area contributed by atoms with Crippen molar-refractivity contribution < 1.29 is 14.9 Å². The van der Waals surface area contributed by atoms with Crippen LogP contribution in [-0.2, 0) is 4.74 Å². The molecule has 0 spiro atoms. The van der Waals surface area contributed by atoms with Crippen molar-refractivity contribution in [2.24, 2.45) is 11.0 Å². The standard InChI is InChI=1S/C8H15N3O3/c1-4-5(2)14-8(6(13)3-12)7(4)10-11-9/h4-8,12-13H,3H2,1-2H3. The largest absolute Gasteiger partial charge is 0.394 e. The number of ether oxygens (including phenoxy) is 1. The average molecular weight is 201 g/mol. The van der Waals surface area contributed by atoms with Crippen LogP contribution >= 0.6 is 0 Å². The monoisotopic (exact) mass is 201 g/mol. The van der Waals surface area contributed by atoms with Crippen LogP contribution in [-0.4, -0.2) is 41.2 Å². The minimum Gasteiger partial charge on any atom is -0.394 e. The summed E-state index contributed by atoms with van der Waals surface area (Å²) >= 11 is 0. The van der Waals surface area contributed by atoms with Gasteiger partial charge in [0.1, 0.15) is 6.10 Å². The van der Waals surface area contributed by atoms with Crippen LogP contribution in [0.5, 0.6) is 0 Å². The van der Waals surface area contributed by atoms with Crippen molar-refractivity contribution in [1.29, 1.82) is 0 Å². The van der Waals surface area contributed by atoms with Crippen LogP contribution in [0.25, 0.3) is 10.4 Å². The summed E-state index contributed by atoms with van der Waals surface area (Å²) in [6, 6.07) is -0.405. The molecule has 80 valence electrons. The lowest BCUT2D eigenvalue weighted by molar-refractivity contribution is -0.0540. The Morgan fingerprint density at radius 2 is 2.21 bits per heavy atom. The van der Waals surface area contributed by atoms with Crippen LogP contribution in [0.15, 0.2) is 5.11 Å². The fraction of sp³-hybridized carbons (Fsp3) is 1.00. The maximum atomic E-state index is 9.43. The van der Waals surface area contributed by atoms with Crippen LogP contribution in [0, 0.1) is 5.92 Å². The molecule has 0 amide bonds. The fourth-order valence-corrected chi connectivity index (χ4v) is 1.68. The van der Waals surface area contributed by atoms with Crippen molar-refractivity contribution in [3.8, 4) is 0 Å². The average Bonchev–Trinajstić information content (AvgIpc) is 2.45. The van der Waals surface area contributed by atoms with Gasteiger partial charge in [0.25, 0.3) is 0 Å². The van der Waals surface area contributed by atoms with Crippen molar-refractivity contribution in [2.45, 2.75) is 38.2 Å². The summed E-state index contributed by atoms with van der Waals surface area (Å²) < 4.78 is 5.42. The summed E-state index contributed by atoms with van der Waals surface area (Å²) in [6.07, 6.45) is -1.66. The molecule has 1 aliphatic heterocycles. The molecule has 0 aromatic rings. The lowest BCUT2D eigenvalue weighted by Crippen LogP contribution is -2.37. The molecule has 0 radical (unpaired) electrons. The molecule has 1 aliphatic rings. The van der Waals surface area contributed by atoms with E-state index < -0.39 is 18.2 Å². The Bertz CT molecular complexity index is 242. The molecule has 0 bridgehead atoms. The predicted octanol–water partition coefficient (Wildman–Crippen LogP) is 0.442. The third-order valence-corrected chi connectivity index (χ3v) is 2.74. The van der Waals surface area contributed by atoms with E-state index in [0.29, 0.717) is 0 Å². The summed E-state index contributed by atoms with van der Waals surface area (Å²) in [5.41, 5.74) is 8.36. The van der Waals surface area contributed by atoms with Gasteiger partial charge in [-0.3, -0.25) is 0 Å². The van der Waals surface area contributed by atoms with Gasteiger partial charge in [-0.05, 0) is 18.4 Å². The first kappa shape index (κ1) is 11.3. The molecule has 6 nitrogen and oxygen atoms in total. The molecule has 1 fully saturated rings. The summed E-state index contributed by atoms with van der Waals surface area (Å²) in [6.45, 7) is 3.37. The fourth-order valence-electron chi connectivity index (χ4n) is 1.68. The lowest BCUT2D eigenvalue weighted by Gasteiger charge is -2.19. The number of aliphatic hydroxyl groups excluding tert-OH is 2. The van der Waals surface area contributed by atoms with E-state index >= 15 is 0 Å². The van der Waals surface area contributed by atoms with E-state index in [1.165, 1.54) is 0 Å². The molecule has 6 heteroatoms. The quantitative estimate of drug-likeness (QED) is 0.393. The van der Waals surface area contributed by atoms with Gasteiger partial charge in [-0.15, -0.1) is 0 Å².